The third kappa shape index (κ3) is 4.02. The van der Waals surface area contributed by atoms with Gasteiger partial charge in [0.15, 0.2) is 17.5 Å². The maximum absolute atomic E-state index is 13.3. The molecule has 6 aromatic rings. The van der Waals surface area contributed by atoms with Crippen LogP contribution in [0, 0.1) is 0 Å². The van der Waals surface area contributed by atoms with Gasteiger partial charge in [-0.25, -0.2) is 23.4 Å². The lowest BCUT2D eigenvalue weighted by atomic mass is 10.0. The van der Waals surface area contributed by atoms with Gasteiger partial charge in [0.25, 0.3) is 0 Å². The van der Waals surface area contributed by atoms with Crippen molar-refractivity contribution in [2.75, 3.05) is 0 Å². The van der Waals surface area contributed by atoms with E-state index in [0.717, 1.165) is 27.8 Å². The summed E-state index contributed by atoms with van der Waals surface area (Å²) in [6, 6.07) is 40.5. The van der Waals surface area contributed by atoms with Crippen LogP contribution >= 0.6 is 0 Å². The van der Waals surface area contributed by atoms with Gasteiger partial charge in [-0.2, -0.15) is 0 Å². The highest BCUT2D eigenvalue weighted by atomic mass is 32.2. The van der Waals surface area contributed by atoms with Gasteiger partial charge in [-0.3, -0.25) is 0 Å². The van der Waals surface area contributed by atoms with Gasteiger partial charge in [-0.05, 0) is 23.3 Å². The van der Waals surface area contributed by atoms with E-state index in [1.807, 2.05) is 84.9 Å². The second kappa shape index (κ2) is 9.11. The maximum Gasteiger partial charge on any atom is 0.207 e. The zero-order valence-electron chi connectivity index (χ0n) is 20.7. The van der Waals surface area contributed by atoms with Crippen molar-refractivity contribution in [2.24, 2.45) is 0 Å². The Hall–Kier alpha value is -4.94. The minimum absolute atomic E-state index is 0.275. The molecule has 5 aromatic carbocycles. The Morgan fingerprint density at radius 1 is 0.385 bits per heavy atom. The Morgan fingerprint density at radius 3 is 1.49 bits per heavy atom. The molecule has 0 saturated carbocycles. The second-order valence-electron chi connectivity index (χ2n) is 9.33. The Kier molecular flexibility index (Phi) is 5.42. The largest absolute Gasteiger partial charge is 0.218 e. The van der Waals surface area contributed by atoms with Crippen molar-refractivity contribution in [3.8, 4) is 56.4 Å². The molecule has 0 radical (unpaired) electrons. The Morgan fingerprint density at radius 2 is 0.821 bits per heavy atom. The van der Waals surface area contributed by atoms with Crippen LogP contribution in [0.25, 0.3) is 56.4 Å². The number of sulfone groups is 1. The van der Waals surface area contributed by atoms with Crippen molar-refractivity contribution in [1.82, 2.24) is 15.0 Å². The van der Waals surface area contributed by atoms with Crippen molar-refractivity contribution in [3.05, 3.63) is 127 Å². The van der Waals surface area contributed by atoms with Crippen LogP contribution in [0.5, 0.6) is 0 Å². The van der Waals surface area contributed by atoms with Crippen LogP contribution in [-0.4, -0.2) is 23.4 Å². The molecule has 0 bridgehead atoms. The number of fused-ring (bicyclic) bond motifs is 3. The Bertz CT molecular complexity index is 1960. The van der Waals surface area contributed by atoms with Gasteiger partial charge in [0, 0.05) is 27.8 Å². The smallest absolute Gasteiger partial charge is 0.207 e. The summed E-state index contributed by atoms with van der Waals surface area (Å²) in [5.41, 5.74) is 5.96. The molecule has 0 fully saturated rings. The first-order valence-corrected chi connectivity index (χ1v) is 14.0. The fraction of sp³-hybridized carbons (Fsp3) is 0. The van der Waals surface area contributed by atoms with E-state index in [0.29, 0.717) is 33.5 Å². The monoisotopic (exact) mass is 523 g/mol. The number of hydrogen-bond acceptors (Lipinski definition) is 5. The third-order valence-electron chi connectivity index (χ3n) is 6.91. The molecule has 1 aromatic heterocycles. The Balaban J connectivity index is 1.36. The summed E-state index contributed by atoms with van der Waals surface area (Å²) in [6.07, 6.45) is 0. The first-order chi connectivity index (χ1) is 19.1. The molecule has 0 spiro atoms. The number of benzene rings is 5. The summed E-state index contributed by atoms with van der Waals surface area (Å²) in [5.74, 6) is 1.46. The lowest BCUT2D eigenvalue weighted by Crippen LogP contribution is -2.01. The van der Waals surface area contributed by atoms with E-state index in [1.165, 1.54) is 0 Å². The summed E-state index contributed by atoms with van der Waals surface area (Å²) in [5, 5.41) is 0. The molecule has 0 aliphatic carbocycles. The molecule has 0 N–H and O–H groups in total. The standard InChI is InChI=1S/C33H21N3O2S/c37-39(38)29-14-8-7-13-27(29)28-20-19-26(21-30(28)39)33-35-31(24-11-5-2-6-12-24)34-32(36-33)25-17-15-23(16-18-25)22-9-3-1-4-10-22/h1-21H. The van der Waals surface area contributed by atoms with Crippen molar-refractivity contribution in [1.29, 1.82) is 0 Å². The number of nitrogens with zero attached hydrogens (tertiary/aromatic N) is 3. The normalized spacial score (nSPS) is 13.0. The first-order valence-electron chi connectivity index (χ1n) is 12.5. The molecule has 39 heavy (non-hydrogen) atoms. The van der Waals surface area contributed by atoms with E-state index in [2.05, 4.69) is 24.3 Å². The van der Waals surface area contributed by atoms with Crippen LogP contribution in [0.3, 0.4) is 0 Å². The minimum Gasteiger partial charge on any atom is -0.218 e. The number of rotatable bonds is 4. The van der Waals surface area contributed by atoms with Gasteiger partial charge >= 0.3 is 0 Å². The quantitative estimate of drug-likeness (QED) is 0.241. The molecule has 7 rings (SSSR count). The average molecular weight is 524 g/mol. The zero-order chi connectivity index (χ0) is 26.4. The van der Waals surface area contributed by atoms with Gasteiger partial charge in [0.2, 0.25) is 9.84 Å². The summed E-state index contributed by atoms with van der Waals surface area (Å²) in [4.78, 5) is 15.0. The fourth-order valence-electron chi connectivity index (χ4n) is 4.94. The topological polar surface area (TPSA) is 72.8 Å². The summed E-state index contributed by atoms with van der Waals surface area (Å²) >= 11 is 0. The lowest BCUT2D eigenvalue weighted by molar-refractivity contribution is 0.598. The van der Waals surface area contributed by atoms with Crippen LogP contribution in [0.2, 0.25) is 0 Å². The predicted molar refractivity (Wildman–Crippen MR) is 152 cm³/mol. The SMILES string of the molecule is O=S1(=O)c2ccccc2-c2ccc(-c3nc(-c4ccccc4)nc(-c4ccc(-c5ccccc5)cc4)n3)cc21. The first kappa shape index (κ1) is 23.2. The van der Waals surface area contributed by atoms with Gasteiger partial charge in [-0.1, -0.05) is 115 Å². The number of hydrogen-bond donors (Lipinski definition) is 0. The molecule has 0 saturated heterocycles. The molecular weight excluding hydrogens is 502 g/mol. The Labute approximate surface area is 226 Å². The second-order valence-corrected chi connectivity index (χ2v) is 11.2. The van der Waals surface area contributed by atoms with Crippen molar-refractivity contribution < 1.29 is 8.42 Å². The van der Waals surface area contributed by atoms with Gasteiger partial charge in [-0.15, -0.1) is 0 Å². The van der Waals surface area contributed by atoms with E-state index in [9.17, 15) is 8.42 Å². The van der Waals surface area contributed by atoms with E-state index in [4.69, 9.17) is 15.0 Å². The molecule has 5 nitrogen and oxygen atoms in total. The van der Waals surface area contributed by atoms with E-state index >= 15 is 0 Å². The fourth-order valence-corrected chi connectivity index (χ4v) is 6.65. The van der Waals surface area contributed by atoms with Crippen LogP contribution < -0.4 is 0 Å². The van der Waals surface area contributed by atoms with E-state index in [1.54, 1.807) is 18.2 Å². The average Bonchev–Trinajstić information content (AvgIpc) is 3.24. The molecule has 186 valence electrons. The molecule has 0 unspecified atom stereocenters. The summed E-state index contributed by atoms with van der Waals surface area (Å²) in [6.45, 7) is 0. The molecule has 1 aliphatic rings. The van der Waals surface area contributed by atoms with Crippen LogP contribution in [-0.2, 0) is 9.84 Å². The third-order valence-corrected chi connectivity index (χ3v) is 8.77. The molecule has 2 heterocycles. The summed E-state index contributed by atoms with van der Waals surface area (Å²) < 4.78 is 26.7. The number of aromatic nitrogens is 3. The molecule has 0 amide bonds. The zero-order valence-corrected chi connectivity index (χ0v) is 21.5. The predicted octanol–water partition coefficient (Wildman–Crippen LogP) is 7.35. The molecule has 1 aliphatic heterocycles. The van der Waals surface area contributed by atoms with Crippen molar-refractivity contribution in [2.45, 2.75) is 9.79 Å². The lowest BCUT2D eigenvalue weighted by Gasteiger charge is -2.10. The minimum atomic E-state index is -3.62. The highest BCUT2D eigenvalue weighted by Crippen LogP contribution is 2.44. The van der Waals surface area contributed by atoms with Gasteiger partial charge < -0.3 is 0 Å². The van der Waals surface area contributed by atoms with Gasteiger partial charge in [0.1, 0.15) is 0 Å². The highest BCUT2D eigenvalue weighted by molar-refractivity contribution is 7.92. The van der Waals surface area contributed by atoms with Crippen LogP contribution in [0.15, 0.2) is 137 Å². The maximum atomic E-state index is 13.3. The molecule has 6 heteroatoms. The van der Waals surface area contributed by atoms with Crippen molar-refractivity contribution >= 4 is 9.84 Å². The van der Waals surface area contributed by atoms with E-state index < -0.39 is 9.84 Å². The highest BCUT2D eigenvalue weighted by Gasteiger charge is 2.33. The van der Waals surface area contributed by atoms with E-state index in [-0.39, 0.29) is 4.90 Å². The van der Waals surface area contributed by atoms with Crippen LogP contribution in [0.1, 0.15) is 0 Å². The van der Waals surface area contributed by atoms with Crippen molar-refractivity contribution in [3.63, 3.8) is 0 Å². The van der Waals surface area contributed by atoms with Crippen LogP contribution in [0.4, 0.5) is 0 Å². The molecular formula is C33H21N3O2S. The van der Waals surface area contributed by atoms with Gasteiger partial charge in [0.05, 0.1) is 9.79 Å². The summed E-state index contributed by atoms with van der Waals surface area (Å²) in [7, 11) is -3.62. The molecule has 0 atom stereocenters.